The van der Waals surface area contributed by atoms with Crippen LogP contribution in [0.4, 0.5) is 0 Å². The number of carbonyl (C=O) groups is 1. The molecule has 1 aliphatic rings. The summed E-state index contributed by atoms with van der Waals surface area (Å²) in [6, 6.07) is 5.46. The second-order valence-electron chi connectivity index (χ2n) is 5.16. The van der Waals surface area contributed by atoms with E-state index in [9.17, 15) is 4.79 Å². The van der Waals surface area contributed by atoms with E-state index in [-0.39, 0.29) is 5.78 Å². The van der Waals surface area contributed by atoms with Gasteiger partial charge in [-0.2, -0.15) is 0 Å². The fraction of sp³-hybridized carbons (Fsp3) is 0.533. The molecule has 0 unspecified atom stereocenters. The number of ether oxygens (including phenoxy) is 1. The van der Waals surface area contributed by atoms with Gasteiger partial charge in [-0.3, -0.25) is 9.69 Å². The summed E-state index contributed by atoms with van der Waals surface area (Å²) in [5.41, 5.74) is 1.57. The van der Waals surface area contributed by atoms with Gasteiger partial charge in [0.25, 0.3) is 0 Å². The molecule has 1 aliphatic heterocycles. The first-order chi connectivity index (χ1) is 9.63. The first-order valence-electron chi connectivity index (χ1n) is 6.81. The summed E-state index contributed by atoms with van der Waals surface area (Å²) in [5.74, 6) is 1.22. The number of nitrogens with zero attached hydrogens (tertiary/aromatic N) is 2. The Morgan fingerprint density at radius 2 is 2.00 bits per heavy atom. The molecule has 0 saturated carbocycles. The quantitative estimate of drug-likeness (QED) is 0.613. The Morgan fingerprint density at radius 1 is 1.30 bits per heavy atom. The first kappa shape index (κ1) is 15.3. The second kappa shape index (κ2) is 7.07. The zero-order valence-electron chi connectivity index (χ0n) is 12.1. The Kier molecular flexibility index (Phi) is 5.40. The summed E-state index contributed by atoms with van der Waals surface area (Å²) in [6.45, 7) is 4.40. The van der Waals surface area contributed by atoms with E-state index in [2.05, 4.69) is 16.8 Å². The Hall–Kier alpha value is -1.10. The molecule has 0 spiro atoms. The van der Waals surface area contributed by atoms with E-state index in [4.69, 9.17) is 16.3 Å². The van der Waals surface area contributed by atoms with Crippen molar-refractivity contribution in [1.82, 2.24) is 9.80 Å². The van der Waals surface area contributed by atoms with Gasteiger partial charge in [-0.1, -0.05) is 0 Å². The molecule has 1 aromatic carbocycles. The molecule has 4 nitrogen and oxygen atoms in total. The fourth-order valence-electron chi connectivity index (χ4n) is 2.36. The molecule has 0 radical (unpaired) electrons. The molecule has 20 heavy (non-hydrogen) atoms. The van der Waals surface area contributed by atoms with Gasteiger partial charge in [0.05, 0.1) is 19.5 Å². The van der Waals surface area contributed by atoms with Gasteiger partial charge in [0.2, 0.25) is 0 Å². The van der Waals surface area contributed by atoms with Gasteiger partial charge < -0.3 is 9.64 Å². The van der Waals surface area contributed by atoms with E-state index >= 15 is 0 Å². The molecule has 0 aliphatic carbocycles. The van der Waals surface area contributed by atoms with Crippen LogP contribution in [0.5, 0.6) is 5.75 Å². The molecular weight excluding hydrogens is 276 g/mol. The SMILES string of the molecule is COc1ccc(C(=O)CN2CCN(C)CC2)cc1CCl. The van der Waals surface area contributed by atoms with Crippen molar-refractivity contribution in [2.45, 2.75) is 5.88 Å². The molecule has 110 valence electrons. The van der Waals surface area contributed by atoms with Gasteiger partial charge in [0.15, 0.2) is 5.78 Å². The molecule has 0 bridgehead atoms. The average Bonchev–Trinajstić information content (AvgIpc) is 2.48. The molecule has 5 heteroatoms. The van der Waals surface area contributed by atoms with E-state index in [0.29, 0.717) is 18.0 Å². The van der Waals surface area contributed by atoms with Crippen LogP contribution in [0.25, 0.3) is 0 Å². The minimum atomic E-state index is 0.142. The van der Waals surface area contributed by atoms with Gasteiger partial charge in [0.1, 0.15) is 5.75 Å². The van der Waals surface area contributed by atoms with E-state index in [1.54, 1.807) is 7.11 Å². The van der Waals surface area contributed by atoms with Gasteiger partial charge in [-0.15, -0.1) is 11.6 Å². The Morgan fingerprint density at radius 3 is 2.60 bits per heavy atom. The summed E-state index contributed by atoms with van der Waals surface area (Å²) in [5, 5.41) is 0. The number of alkyl halides is 1. The van der Waals surface area contributed by atoms with Gasteiger partial charge >= 0.3 is 0 Å². The summed E-state index contributed by atoms with van der Waals surface area (Å²) in [4.78, 5) is 16.8. The number of likely N-dealkylation sites (N-methyl/N-ethyl adjacent to an activating group) is 1. The van der Waals surface area contributed by atoms with Gasteiger partial charge in [-0.25, -0.2) is 0 Å². The predicted octanol–water partition coefficient (Wildman–Crippen LogP) is 1.86. The van der Waals surface area contributed by atoms with E-state index < -0.39 is 0 Å². The number of carbonyl (C=O) groups excluding carboxylic acids is 1. The molecule has 1 fully saturated rings. The zero-order valence-corrected chi connectivity index (χ0v) is 12.8. The lowest BCUT2D eigenvalue weighted by Gasteiger charge is -2.31. The maximum atomic E-state index is 12.3. The molecule has 0 atom stereocenters. The highest BCUT2D eigenvalue weighted by atomic mass is 35.5. The largest absolute Gasteiger partial charge is 0.496 e. The Bertz CT molecular complexity index is 471. The number of rotatable bonds is 5. The third-order valence-corrected chi connectivity index (χ3v) is 4.00. The number of methoxy groups -OCH3 is 1. The molecule has 1 heterocycles. The summed E-state index contributed by atoms with van der Waals surface area (Å²) in [6.07, 6.45) is 0. The third-order valence-electron chi connectivity index (χ3n) is 3.71. The number of hydrogen-bond acceptors (Lipinski definition) is 4. The van der Waals surface area contributed by atoms with Crippen molar-refractivity contribution in [3.63, 3.8) is 0 Å². The van der Waals surface area contributed by atoms with Crippen LogP contribution < -0.4 is 4.74 Å². The molecule has 0 N–H and O–H groups in total. The minimum Gasteiger partial charge on any atom is -0.496 e. The fourth-order valence-corrected chi connectivity index (χ4v) is 2.57. The monoisotopic (exact) mass is 296 g/mol. The number of halogens is 1. The minimum absolute atomic E-state index is 0.142. The van der Waals surface area contributed by atoms with Crippen molar-refractivity contribution in [2.24, 2.45) is 0 Å². The Labute approximate surface area is 125 Å². The van der Waals surface area contributed by atoms with Crippen molar-refractivity contribution in [3.05, 3.63) is 29.3 Å². The number of benzene rings is 1. The maximum Gasteiger partial charge on any atom is 0.176 e. The van der Waals surface area contributed by atoms with Crippen LogP contribution in [0.15, 0.2) is 18.2 Å². The van der Waals surface area contributed by atoms with E-state index in [1.807, 2.05) is 18.2 Å². The highest BCUT2D eigenvalue weighted by molar-refractivity contribution is 6.17. The standard InChI is InChI=1S/C15H21ClN2O2/c1-17-5-7-18(8-6-17)11-14(19)12-3-4-15(20-2)13(9-12)10-16/h3-4,9H,5-8,10-11H2,1-2H3. The smallest absolute Gasteiger partial charge is 0.176 e. The Balaban J connectivity index is 2.02. The number of ketones is 1. The lowest BCUT2D eigenvalue weighted by atomic mass is 10.1. The summed E-state index contributed by atoms with van der Waals surface area (Å²) in [7, 11) is 3.71. The van der Waals surface area contributed by atoms with Crippen molar-refractivity contribution in [3.8, 4) is 5.75 Å². The lowest BCUT2D eigenvalue weighted by molar-refractivity contribution is 0.0876. The number of Topliss-reactive ketones (excluding diaryl/α,β-unsaturated/α-hetero) is 1. The van der Waals surface area contributed by atoms with Crippen molar-refractivity contribution in [1.29, 1.82) is 0 Å². The van der Waals surface area contributed by atoms with Crippen LogP contribution >= 0.6 is 11.6 Å². The summed E-state index contributed by atoms with van der Waals surface area (Å²) < 4.78 is 5.22. The van der Waals surface area contributed by atoms with Crippen LogP contribution in [-0.4, -0.2) is 62.5 Å². The molecule has 1 saturated heterocycles. The van der Waals surface area contributed by atoms with Crippen LogP contribution in [0, 0.1) is 0 Å². The zero-order chi connectivity index (χ0) is 14.5. The highest BCUT2D eigenvalue weighted by Gasteiger charge is 2.18. The van der Waals surface area contributed by atoms with Crippen molar-refractivity contribution in [2.75, 3.05) is 46.9 Å². The highest BCUT2D eigenvalue weighted by Crippen LogP contribution is 2.22. The predicted molar refractivity (Wildman–Crippen MR) is 80.8 cm³/mol. The molecular formula is C15H21ClN2O2. The van der Waals surface area contributed by atoms with E-state index in [0.717, 1.165) is 37.5 Å². The van der Waals surface area contributed by atoms with Crippen LogP contribution in [0.3, 0.4) is 0 Å². The molecule has 0 aromatic heterocycles. The second-order valence-corrected chi connectivity index (χ2v) is 5.43. The van der Waals surface area contributed by atoms with Crippen molar-refractivity contribution < 1.29 is 9.53 Å². The molecule has 2 rings (SSSR count). The molecule has 1 aromatic rings. The molecule has 0 amide bonds. The van der Waals surface area contributed by atoms with E-state index in [1.165, 1.54) is 0 Å². The number of piperazine rings is 1. The maximum absolute atomic E-state index is 12.3. The number of hydrogen-bond donors (Lipinski definition) is 0. The lowest BCUT2D eigenvalue weighted by Crippen LogP contribution is -2.46. The topological polar surface area (TPSA) is 32.8 Å². The summed E-state index contributed by atoms with van der Waals surface area (Å²) >= 11 is 5.89. The average molecular weight is 297 g/mol. The first-order valence-corrected chi connectivity index (χ1v) is 7.34. The van der Waals surface area contributed by atoms with Crippen LogP contribution in [0.2, 0.25) is 0 Å². The normalized spacial score (nSPS) is 17.1. The van der Waals surface area contributed by atoms with Gasteiger partial charge in [0, 0.05) is 37.3 Å². The van der Waals surface area contributed by atoms with Crippen LogP contribution in [0.1, 0.15) is 15.9 Å². The van der Waals surface area contributed by atoms with Crippen molar-refractivity contribution >= 4 is 17.4 Å². The third kappa shape index (κ3) is 3.72. The van der Waals surface area contributed by atoms with Crippen LogP contribution in [-0.2, 0) is 5.88 Å². The van der Waals surface area contributed by atoms with Gasteiger partial charge in [-0.05, 0) is 25.2 Å².